The summed E-state index contributed by atoms with van der Waals surface area (Å²) >= 11 is 0. The molecule has 0 fully saturated rings. The Hall–Kier alpha value is -2.29. The zero-order valence-electron chi connectivity index (χ0n) is 17.6. The number of ether oxygens (including phenoxy) is 1. The third-order valence-electron chi connectivity index (χ3n) is 4.92. The Labute approximate surface area is 163 Å². The van der Waals surface area contributed by atoms with Crippen molar-refractivity contribution in [3.63, 3.8) is 0 Å². The maximum atomic E-state index is 12.6. The first-order valence-electron chi connectivity index (χ1n) is 9.44. The van der Waals surface area contributed by atoms with E-state index in [-0.39, 0.29) is 16.8 Å². The maximum Gasteiger partial charge on any atom is 0.313 e. The quantitative estimate of drug-likeness (QED) is 0.726. The van der Waals surface area contributed by atoms with E-state index in [9.17, 15) is 9.90 Å². The van der Waals surface area contributed by atoms with Gasteiger partial charge >= 0.3 is 5.97 Å². The van der Waals surface area contributed by atoms with Gasteiger partial charge in [0.1, 0.15) is 5.75 Å². The van der Waals surface area contributed by atoms with E-state index < -0.39 is 5.92 Å². The van der Waals surface area contributed by atoms with Gasteiger partial charge in [-0.15, -0.1) is 0 Å². The Kier molecular flexibility index (Phi) is 6.04. The van der Waals surface area contributed by atoms with Crippen molar-refractivity contribution in [3.8, 4) is 5.75 Å². The summed E-state index contributed by atoms with van der Waals surface area (Å²) in [5, 5.41) is 10.9. The molecule has 1 N–H and O–H groups in total. The standard InChI is InChI=1S/C24H32O3/c1-23(2,3)19-14-17(15-20(21(19)25)24(4,5)6)18(22(26)27-7)13-16-11-9-8-10-12-16/h8-12,14-15,18,25H,13H2,1-7H3. The number of phenolic OH excluding ortho intramolecular Hbond substituents is 1. The third-order valence-corrected chi connectivity index (χ3v) is 4.92. The number of hydrogen-bond acceptors (Lipinski definition) is 3. The molecule has 0 aliphatic carbocycles. The zero-order valence-corrected chi connectivity index (χ0v) is 17.6. The van der Waals surface area contributed by atoms with Gasteiger partial charge in [0.05, 0.1) is 13.0 Å². The van der Waals surface area contributed by atoms with Crippen LogP contribution in [0.15, 0.2) is 42.5 Å². The lowest BCUT2D eigenvalue weighted by molar-refractivity contribution is -0.142. The van der Waals surface area contributed by atoms with Gasteiger partial charge in [0, 0.05) is 0 Å². The Balaban J connectivity index is 2.66. The van der Waals surface area contributed by atoms with E-state index >= 15 is 0 Å². The second-order valence-electron chi connectivity index (χ2n) is 9.23. The molecule has 27 heavy (non-hydrogen) atoms. The highest BCUT2D eigenvalue weighted by Gasteiger charge is 2.30. The van der Waals surface area contributed by atoms with E-state index in [1.807, 2.05) is 42.5 Å². The molecule has 0 radical (unpaired) electrons. The second-order valence-corrected chi connectivity index (χ2v) is 9.23. The molecule has 0 aromatic heterocycles. The molecule has 0 aliphatic heterocycles. The van der Waals surface area contributed by atoms with Crippen LogP contribution in [0.4, 0.5) is 0 Å². The van der Waals surface area contributed by atoms with E-state index in [2.05, 4.69) is 41.5 Å². The predicted octanol–water partition coefficient (Wildman–Crippen LogP) is 5.49. The van der Waals surface area contributed by atoms with Crippen LogP contribution < -0.4 is 0 Å². The average molecular weight is 369 g/mol. The van der Waals surface area contributed by atoms with Gasteiger partial charge in [0.2, 0.25) is 0 Å². The highest BCUT2D eigenvalue weighted by Crippen LogP contribution is 2.41. The number of rotatable bonds is 4. The van der Waals surface area contributed by atoms with Crippen molar-refractivity contribution in [2.75, 3.05) is 7.11 Å². The van der Waals surface area contributed by atoms with Gasteiger partial charge in [-0.1, -0.05) is 84.0 Å². The molecular weight excluding hydrogens is 336 g/mol. The summed E-state index contributed by atoms with van der Waals surface area (Å²) in [4.78, 5) is 12.6. The lowest BCUT2D eigenvalue weighted by atomic mass is 9.76. The van der Waals surface area contributed by atoms with Crippen LogP contribution in [0.5, 0.6) is 5.75 Å². The predicted molar refractivity (Wildman–Crippen MR) is 110 cm³/mol. The van der Waals surface area contributed by atoms with Crippen LogP contribution in [0.3, 0.4) is 0 Å². The summed E-state index contributed by atoms with van der Waals surface area (Å²) in [5.41, 5.74) is 3.19. The van der Waals surface area contributed by atoms with Gasteiger partial charge in [-0.3, -0.25) is 4.79 Å². The minimum Gasteiger partial charge on any atom is -0.507 e. The number of phenols is 1. The lowest BCUT2D eigenvalue weighted by Gasteiger charge is -2.29. The summed E-state index contributed by atoms with van der Waals surface area (Å²) < 4.78 is 5.12. The van der Waals surface area contributed by atoms with Crippen LogP contribution in [0.2, 0.25) is 0 Å². The average Bonchev–Trinajstić information content (AvgIpc) is 2.58. The lowest BCUT2D eigenvalue weighted by Crippen LogP contribution is -2.22. The van der Waals surface area contributed by atoms with E-state index in [1.165, 1.54) is 7.11 Å². The van der Waals surface area contributed by atoms with E-state index in [0.717, 1.165) is 22.3 Å². The molecule has 0 spiro atoms. The summed E-state index contributed by atoms with van der Waals surface area (Å²) in [6.07, 6.45) is 0.561. The fourth-order valence-electron chi connectivity index (χ4n) is 3.33. The number of esters is 1. The Bertz CT molecular complexity index is 758. The van der Waals surface area contributed by atoms with Crippen molar-refractivity contribution in [2.24, 2.45) is 0 Å². The molecule has 0 amide bonds. The molecule has 3 nitrogen and oxygen atoms in total. The second kappa shape index (κ2) is 7.75. The number of benzene rings is 2. The van der Waals surface area contributed by atoms with Crippen LogP contribution in [0.1, 0.15) is 69.7 Å². The van der Waals surface area contributed by atoms with Gasteiger partial charge in [-0.2, -0.15) is 0 Å². The molecule has 2 rings (SSSR count). The Morgan fingerprint density at radius 2 is 1.44 bits per heavy atom. The zero-order chi connectivity index (χ0) is 20.4. The number of hydrogen-bond donors (Lipinski definition) is 1. The highest BCUT2D eigenvalue weighted by atomic mass is 16.5. The van der Waals surface area contributed by atoms with E-state index in [1.54, 1.807) is 0 Å². The van der Waals surface area contributed by atoms with Crippen LogP contribution in [0.25, 0.3) is 0 Å². The first-order valence-corrected chi connectivity index (χ1v) is 9.44. The fraction of sp³-hybridized carbons (Fsp3) is 0.458. The molecule has 146 valence electrons. The third kappa shape index (κ3) is 4.91. The van der Waals surface area contributed by atoms with Gasteiger partial charge in [0.25, 0.3) is 0 Å². The maximum absolute atomic E-state index is 12.6. The molecule has 0 saturated heterocycles. The van der Waals surface area contributed by atoms with Crippen LogP contribution in [0, 0.1) is 0 Å². The molecular formula is C24H32O3. The minimum absolute atomic E-state index is 0.243. The van der Waals surface area contributed by atoms with Gasteiger partial charge in [0.15, 0.2) is 0 Å². The summed E-state index contributed by atoms with van der Waals surface area (Å²) in [7, 11) is 1.43. The number of methoxy groups -OCH3 is 1. The normalized spacial score (nSPS) is 13.3. The summed E-state index contributed by atoms with van der Waals surface area (Å²) in [6.45, 7) is 12.4. The molecule has 0 saturated carbocycles. The summed E-state index contributed by atoms with van der Waals surface area (Å²) in [6, 6.07) is 13.9. The van der Waals surface area contributed by atoms with Gasteiger partial charge in [-0.25, -0.2) is 0 Å². The smallest absolute Gasteiger partial charge is 0.313 e. The molecule has 3 heteroatoms. The van der Waals surface area contributed by atoms with Gasteiger partial charge < -0.3 is 9.84 Å². The fourth-order valence-corrected chi connectivity index (χ4v) is 3.33. The molecule has 2 aromatic carbocycles. The first-order chi connectivity index (χ1) is 12.4. The topological polar surface area (TPSA) is 46.5 Å². The molecule has 0 aliphatic rings. The molecule has 0 bridgehead atoms. The summed E-state index contributed by atoms with van der Waals surface area (Å²) in [5.74, 6) is -0.355. The van der Waals surface area contributed by atoms with Crippen molar-refractivity contribution in [1.82, 2.24) is 0 Å². The number of carbonyl (C=O) groups is 1. The van der Waals surface area contributed by atoms with E-state index in [0.29, 0.717) is 12.2 Å². The van der Waals surface area contributed by atoms with Crippen LogP contribution >= 0.6 is 0 Å². The van der Waals surface area contributed by atoms with Crippen molar-refractivity contribution in [1.29, 1.82) is 0 Å². The molecule has 1 atom stereocenters. The monoisotopic (exact) mass is 368 g/mol. The van der Waals surface area contributed by atoms with Crippen LogP contribution in [-0.2, 0) is 26.8 Å². The number of aromatic hydroxyl groups is 1. The Morgan fingerprint density at radius 1 is 0.963 bits per heavy atom. The van der Waals surface area contributed by atoms with E-state index in [4.69, 9.17) is 4.74 Å². The van der Waals surface area contributed by atoms with Crippen molar-refractivity contribution in [3.05, 3.63) is 64.7 Å². The highest BCUT2D eigenvalue weighted by molar-refractivity contribution is 5.79. The van der Waals surface area contributed by atoms with Crippen molar-refractivity contribution >= 4 is 5.97 Å². The van der Waals surface area contributed by atoms with Gasteiger partial charge in [-0.05, 0) is 39.5 Å². The van der Waals surface area contributed by atoms with Crippen molar-refractivity contribution in [2.45, 2.75) is 64.7 Å². The molecule has 1 unspecified atom stereocenters. The largest absolute Gasteiger partial charge is 0.507 e. The van der Waals surface area contributed by atoms with Crippen molar-refractivity contribution < 1.29 is 14.6 Å². The SMILES string of the molecule is COC(=O)C(Cc1ccccc1)c1cc(C(C)(C)C)c(O)c(C(C)(C)C)c1. The molecule has 0 heterocycles. The van der Waals surface area contributed by atoms with Crippen LogP contribution in [-0.4, -0.2) is 18.2 Å². The Morgan fingerprint density at radius 3 is 1.85 bits per heavy atom. The number of carbonyl (C=O) groups excluding carboxylic acids is 1. The molecule has 2 aromatic rings. The first kappa shape index (κ1) is 21.0. The minimum atomic E-state index is -0.416.